The molecular formula is C16H20N2O3. The average molecular weight is 288 g/mol. The zero-order chi connectivity index (χ0) is 15.4. The fourth-order valence-electron chi connectivity index (χ4n) is 2.21. The van der Waals surface area contributed by atoms with Gasteiger partial charge in [0.25, 0.3) is 0 Å². The lowest BCUT2D eigenvalue weighted by Crippen LogP contribution is -2.08. The molecular weight excluding hydrogens is 268 g/mol. The third kappa shape index (κ3) is 3.42. The second-order valence-electron chi connectivity index (χ2n) is 5.24. The van der Waals surface area contributed by atoms with Crippen LogP contribution < -0.4 is 4.74 Å². The van der Waals surface area contributed by atoms with Gasteiger partial charge in [-0.25, -0.2) is 9.48 Å². The molecule has 21 heavy (non-hydrogen) atoms. The fraction of sp³-hybridized carbons (Fsp3) is 0.375. The number of para-hydroxylation sites is 2. The van der Waals surface area contributed by atoms with E-state index < -0.39 is 5.97 Å². The zero-order valence-corrected chi connectivity index (χ0v) is 12.5. The molecule has 0 aliphatic heterocycles. The number of aromatic nitrogens is 2. The van der Waals surface area contributed by atoms with E-state index in [1.807, 2.05) is 31.2 Å². The van der Waals surface area contributed by atoms with Crippen molar-refractivity contribution in [1.82, 2.24) is 9.78 Å². The Balaban J connectivity index is 2.53. The van der Waals surface area contributed by atoms with Crippen molar-refractivity contribution in [3.63, 3.8) is 0 Å². The highest BCUT2D eigenvalue weighted by Gasteiger charge is 2.17. The number of ether oxygens (including phenoxy) is 1. The molecule has 112 valence electrons. The van der Waals surface area contributed by atoms with Gasteiger partial charge in [0.2, 0.25) is 0 Å². The summed E-state index contributed by atoms with van der Waals surface area (Å²) in [4.78, 5) is 11.2. The van der Waals surface area contributed by atoms with Crippen LogP contribution in [0.2, 0.25) is 0 Å². The van der Waals surface area contributed by atoms with Crippen LogP contribution in [-0.2, 0) is 6.42 Å². The third-order valence-electron chi connectivity index (χ3n) is 3.01. The Labute approximate surface area is 124 Å². The maximum absolute atomic E-state index is 11.2. The molecule has 0 spiro atoms. The third-order valence-corrected chi connectivity index (χ3v) is 3.01. The molecule has 5 nitrogen and oxygen atoms in total. The van der Waals surface area contributed by atoms with E-state index in [1.54, 1.807) is 10.7 Å². The Kier molecular flexibility index (Phi) is 4.62. The number of nitrogens with zero attached hydrogens (tertiary/aromatic N) is 2. The van der Waals surface area contributed by atoms with Crippen LogP contribution in [0.4, 0.5) is 0 Å². The lowest BCUT2D eigenvalue weighted by molar-refractivity contribution is 0.0690. The molecule has 0 unspecified atom stereocenters. The van der Waals surface area contributed by atoms with Crippen molar-refractivity contribution in [2.24, 2.45) is 5.92 Å². The maximum Gasteiger partial charge on any atom is 0.356 e. The van der Waals surface area contributed by atoms with Gasteiger partial charge in [0.15, 0.2) is 5.69 Å². The summed E-state index contributed by atoms with van der Waals surface area (Å²) in [6.45, 7) is 6.64. The number of rotatable bonds is 6. The van der Waals surface area contributed by atoms with Gasteiger partial charge in [-0.15, -0.1) is 0 Å². The molecule has 0 fully saturated rings. The molecule has 0 aliphatic rings. The molecule has 0 bridgehead atoms. The van der Waals surface area contributed by atoms with E-state index >= 15 is 0 Å². The van der Waals surface area contributed by atoms with Crippen LogP contribution in [0.15, 0.2) is 30.3 Å². The Hall–Kier alpha value is -2.30. The summed E-state index contributed by atoms with van der Waals surface area (Å²) in [6, 6.07) is 9.15. The Morgan fingerprint density at radius 3 is 2.71 bits per heavy atom. The van der Waals surface area contributed by atoms with Gasteiger partial charge < -0.3 is 9.84 Å². The van der Waals surface area contributed by atoms with Gasteiger partial charge in [0, 0.05) is 5.69 Å². The maximum atomic E-state index is 11.2. The number of benzene rings is 1. The van der Waals surface area contributed by atoms with Crippen LogP contribution in [0.1, 0.15) is 37.0 Å². The first-order valence-corrected chi connectivity index (χ1v) is 7.07. The van der Waals surface area contributed by atoms with Crippen molar-refractivity contribution in [3.8, 4) is 11.4 Å². The molecule has 1 N–H and O–H groups in total. The summed E-state index contributed by atoms with van der Waals surface area (Å²) >= 11 is 0. The smallest absolute Gasteiger partial charge is 0.356 e. The van der Waals surface area contributed by atoms with E-state index in [2.05, 4.69) is 18.9 Å². The van der Waals surface area contributed by atoms with Gasteiger partial charge in [0.05, 0.1) is 6.61 Å². The Bertz CT molecular complexity index is 632. The number of aromatic carboxylic acids is 1. The minimum atomic E-state index is -1.02. The van der Waals surface area contributed by atoms with Gasteiger partial charge in [-0.3, -0.25) is 0 Å². The van der Waals surface area contributed by atoms with Crippen molar-refractivity contribution >= 4 is 5.97 Å². The number of hydrogen-bond acceptors (Lipinski definition) is 3. The molecule has 1 heterocycles. The summed E-state index contributed by atoms with van der Waals surface area (Å²) in [5, 5.41) is 13.4. The number of carboxylic acids is 1. The molecule has 1 aromatic carbocycles. The van der Waals surface area contributed by atoms with Gasteiger partial charge in [-0.2, -0.15) is 5.10 Å². The highest BCUT2D eigenvalue weighted by atomic mass is 16.5. The molecule has 0 radical (unpaired) electrons. The predicted molar refractivity (Wildman–Crippen MR) is 80.2 cm³/mol. The van der Waals surface area contributed by atoms with Crippen LogP contribution in [0.5, 0.6) is 5.75 Å². The molecule has 0 aliphatic carbocycles. The van der Waals surface area contributed by atoms with Crippen molar-refractivity contribution in [1.29, 1.82) is 0 Å². The monoisotopic (exact) mass is 288 g/mol. The standard InChI is InChI=1S/C16H20N2O3/c1-4-21-15-8-6-5-7-14(15)18-12(9-11(2)3)10-13(17-18)16(19)20/h5-8,10-11H,4,9H2,1-3H3,(H,19,20). The zero-order valence-electron chi connectivity index (χ0n) is 12.5. The number of hydrogen-bond donors (Lipinski definition) is 1. The second kappa shape index (κ2) is 6.43. The van der Waals surface area contributed by atoms with Crippen LogP contribution in [0, 0.1) is 5.92 Å². The SMILES string of the molecule is CCOc1ccccc1-n1nc(C(=O)O)cc1CC(C)C. The first kappa shape index (κ1) is 15.1. The molecule has 0 saturated carbocycles. The van der Waals surface area contributed by atoms with Crippen LogP contribution >= 0.6 is 0 Å². The van der Waals surface area contributed by atoms with Gasteiger partial charge >= 0.3 is 5.97 Å². The lowest BCUT2D eigenvalue weighted by Gasteiger charge is -2.13. The highest BCUT2D eigenvalue weighted by Crippen LogP contribution is 2.25. The summed E-state index contributed by atoms with van der Waals surface area (Å²) in [5.41, 5.74) is 1.69. The van der Waals surface area contributed by atoms with Gasteiger partial charge in [0.1, 0.15) is 11.4 Å². The molecule has 0 saturated heterocycles. The van der Waals surface area contributed by atoms with E-state index in [4.69, 9.17) is 9.84 Å². The molecule has 2 rings (SSSR count). The van der Waals surface area contributed by atoms with E-state index in [9.17, 15) is 4.79 Å². The largest absolute Gasteiger partial charge is 0.492 e. The van der Waals surface area contributed by atoms with E-state index in [1.165, 1.54) is 0 Å². The van der Waals surface area contributed by atoms with Gasteiger partial charge in [-0.1, -0.05) is 26.0 Å². The summed E-state index contributed by atoms with van der Waals surface area (Å²) in [7, 11) is 0. The molecule has 1 aromatic heterocycles. The van der Waals surface area contributed by atoms with Crippen molar-refractivity contribution < 1.29 is 14.6 Å². The first-order chi connectivity index (χ1) is 10.0. The minimum Gasteiger partial charge on any atom is -0.492 e. The number of carboxylic acid groups (broad SMARTS) is 1. The minimum absolute atomic E-state index is 0.0527. The predicted octanol–water partition coefficient (Wildman–Crippen LogP) is 3.17. The van der Waals surface area contributed by atoms with Crippen LogP contribution in [-0.4, -0.2) is 27.5 Å². The van der Waals surface area contributed by atoms with E-state index in [0.717, 1.165) is 17.8 Å². The van der Waals surface area contributed by atoms with Gasteiger partial charge in [-0.05, 0) is 37.5 Å². The van der Waals surface area contributed by atoms with E-state index in [0.29, 0.717) is 18.3 Å². The Morgan fingerprint density at radius 1 is 1.38 bits per heavy atom. The summed E-state index contributed by atoms with van der Waals surface area (Å²) in [6.07, 6.45) is 0.751. The van der Waals surface area contributed by atoms with Crippen molar-refractivity contribution in [2.45, 2.75) is 27.2 Å². The van der Waals surface area contributed by atoms with Crippen LogP contribution in [0.25, 0.3) is 5.69 Å². The van der Waals surface area contributed by atoms with Crippen LogP contribution in [0.3, 0.4) is 0 Å². The molecule has 2 aromatic rings. The molecule has 5 heteroatoms. The highest BCUT2D eigenvalue weighted by molar-refractivity contribution is 5.85. The lowest BCUT2D eigenvalue weighted by atomic mass is 10.1. The quantitative estimate of drug-likeness (QED) is 0.886. The fourth-order valence-corrected chi connectivity index (χ4v) is 2.21. The van der Waals surface area contributed by atoms with Crippen molar-refractivity contribution in [3.05, 3.63) is 41.7 Å². The summed E-state index contributed by atoms with van der Waals surface area (Å²) in [5.74, 6) is 0.0824. The van der Waals surface area contributed by atoms with E-state index in [-0.39, 0.29) is 5.69 Å². The molecule has 0 amide bonds. The number of carbonyl (C=O) groups is 1. The molecule has 0 atom stereocenters. The Morgan fingerprint density at radius 2 is 2.10 bits per heavy atom. The topological polar surface area (TPSA) is 64.4 Å². The first-order valence-electron chi connectivity index (χ1n) is 7.07. The average Bonchev–Trinajstić information content (AvgIpc) is 2.83. The summed E-state index contributed by atoms with van der Waals surface area (Å²) < 4.78 is 7.29. The normalized spacial score (nSPS) is 10.9. The van der Waals surface area contributed by atoms with Crippen molar-refractivity contribution in [2.75, 3.05) is 6.61 Å². The second-order valence-corrected chi connectivity index (χ2v) is 5.24.